The summed E-state index contributed by atoms with van der Waals surface area (Å²) in [5.41, 5.74) is 0. The molecule has 0 radical (unpaired) electrons. The Morgan fingerprint density at radius 2 is 1.84 bits per heavy atom. The van der Waals surface area contributed by atoms with Crippen molar-refractivity contribution in [3.8, 4) is 0 Å². The molecule has 19 heavy (non-hydrogen) atoms. The molecule has 0 rings (SSSR count). The number of unbranched alkanes of at least 4 members (excludes halogenated alkanes) is 1. The SMILES string of the molecule is CCCNCCCN(C)S(=O)(=O)NCCCCOC. The molecule has 2 N–H and O–H groups in total. The van der Waals surface area contributed by atoms with Crippen LogP contribution in [0.2, 0.25) is 0 Å². The van der Waals surface area contributed by atoms with E-state index >= 15 is 0 Å². The number of nitrogens with zero attached hydrogens (tertiary/aromatic N) is 1. The first-order valence-electron chi connectivity index (χ1n) is 6.95. The topological polar surface area (TPSA) is 70.7 Å². The summed E-state index contributed by atoms with van der Waals surface area (Å²) in [6, 6.07) is 0. The Morgan fingerprint density at radius 3 is 2.47 bits per heavy atom. The van der Waals surface area contributed by atoms with Gasteiger partial charge in [-0.3, -0.25) is 0 Å². The summed E-state index contributed by atoms with van der Waals surface area (Å²) < 4.78 is 32.6. The third-order valence-electron chi connectivity index (χ3n) is 2.72. The first kappa shape index (κ1) is 18.8. The maximum Gasteiger partial charge on any atom is 0.279 e. The van der Waals surface area contributed by atoms with E-state index in [0.717, 1.165) is 38.8 Å². The predicted molar refractivity (Wildman–Crippen MR) is 78.4 cm³/mol. The monoisotopic (exact) mass is 295 g/mol. The van der Waals surface area contributed by atoms with Crippen LogP contribution in [0.4, 0.5) is 0 Å². The van der Waals surface area contributed by atoms with Gasteiger partial charge in [0.1, 0.15) is 0 Å². The second kappa shape index (κ2) is 11.6. The minimum absolute atomic E-state index is 0.462. The van der Waals surface area contributed by atoms with Gasteiger partial charge in [-0.15, -0.1) is 0 Å². The average molecular weight is 295 g/mol. The summed E-state index contributed by atoms with van der Waals surface area (Å²) in [5.74, 6) is 0. The number of ether oxygens (including phenoxy) is 1. The van der Waals surface area contributed by atoms with E-state index in [1.54, 1.807) is 14.2 Å². The van der Waals surface area contributed by atoms with Crippen molar-refractivity contribution in [1.82, 2.24) is 14.3 Å². The maximum atomic E-state index is 11.8. The lowest BCUT2D eigenvalue weighted by Crippen LogP contribution is -2.39. The van der Waals surface area contributed by atoms with Crippen LogP contribution in [0, 0.1) is 0 Å². The molecule has 0 aliphatic rings. The zero-order valence-corrected chi connectivity index (χ0v) is 13.3. The van der Waals surface area contributed by atoms with Crippen LogP contribution in [0.5, 0.6) is 0 Å². The molecule has 0 aliphatic heterocycles. The normalized spacial score (nSPS) is 12.2. The summed E-state index contributed by atoms with van der Waals surface area (Å²) in [7, 11) is -0.0737. The van der Waals surface area contributed by atoms with Crippen molar-refractivity contribution in [3.05, 3.63) is 0 Å². The zero-order chi connectivity index (χ0) is 14.6. The molecule has 0 bridgehead atoms. The number of hydrogen-bond acceptors (Lipinski definition) is 4. The summed E-state index contributed by atoms with van der Waals surface area (Å²) in [6.45, 7) is 5.60. The Bertz CT molecular complexity index is 297. The number of nitrogens with one attached hydrogen (secondary N) is 2. The Kier molecular flexibility index (Phi) is 11.5. The van der Waals surface area contributed by atoms with Crippen LogP contribution in [0.1, 0.15) is 32.6 Å². The van der Waals surface area contributed by atoms with E-state index in [2.05, 4.69) is 17.0 Å². The molecule has 0 saturated carbocycles. The fourth-order valence-corrected chi connectivity index (χ4v) is 2.52. The highest BCUT2D eigenvalue weighted by Crippen LogP contribution is 1.96. The molecular formula is C12H29N3O3S. The van der Waals surface area contributed by atoms with E-state index in [4.69, 9.17) is 4.74 Å². The van der Waals surface area contributed by atoms with Crippen LogP contribution in [-0.4, -0.2) is 59.7 Å². The summed E-state index contributed by atoms with van der Waals surface area (Å²) in [4.78, 5) is 0. The number of rotatable bonds is 13. The average Bonchev–Trinajstić information content (AvgIpc) is 2.38. The Hall–Kier alpha value is -0.210. The summed E-state index contributed by atoms with van der Waals surface area (Å²) in [5, 5.41) is 3.25. The van der Waals surface area contributed by atoms with Crippen molar-refractivity contribution in [2.45, 2.75) is 32.6 Å². The van der Waals surface area contributed by atoms with Gasteiger partial charge in [-0.05, 0) is 38.8 Å². The molecule has 0 aromatic rings. The molecule has 0 aromatic carbocycles. The van der Waals surface area contributed by atoms with Gasteiger partial charge in [0.2, 0.25) is 0 Å². The largest absolute Gasteiger partial charge is 0.385 e. The van der Waals surface area contributed by atoms with Crippen LogP contribution < -0.4 is 10.0 Å². The van der Waals surface area contributed by atoms with Gasteiger partial charge in [-0.25, -0.2) is 4.72 Å². The lowest BCUT2D eigenvalue weighted by Gasteiger charge is -2.17. The second-order valence-corrected chi connectivity index (χ2v) is 6.39. The molecule has 0 aromatic heterocycles. The van der Waals surface area contributed by atoms with Gasteiger partial charge < -0.3 is 10.1 Å². The first-order chi connectivity index (χ1) is 9.04. The van der Waals surface area contributed by atoms with Crippen LogP contribution >= 0.6 is 0 Å². The molecule has 0 aliphatic carbocycles. The highest BCUT2D eigenvalue weighted by atomic mass is 32.2. The molecule has 0 unspecified atom stereocenters. The van der Waals surface area contributed by atoms with E-state index in [9.17, 15) is 8.42 Å². The Labute approximate surface area is 118 Å². The molecule has 6 nitrogen and oxygen atoms in total. The minimum Gasteiger partial charge on any atom is -0.385 e. The van der Waals surface area contributed by atoms with Crippen LogP contribution in [0.25, 0.3) is 0 Å². The molecule has 0 amide bonds. The van der Waals surface area contributed by atoms with Gasteiger partial charge in [0, 0.05) is 33.9 Å². The van der Waals surface area contributed by atoms with Gasteiger partial charge in [0.05, 0.1) is 0 Å². The molecule has 0 saturated heterocycles. The van der Waals surface area contributed by atoms with Crippen molar-refractivity contribution in [3.63, 3.8) is 0 Å². The first-order valence-corrected chi connectivity index (χ1v) is 8.39. The quantitative estimate of drug-likeness (QED) is 0.487. The number of hydrogen-bond donors (Lipinski definition) is 2. The highest BCUT2D eigenvalue weighted by Gasteiger charge is 2.15. The smallest absolute Gasteiger partial charge is 0.279 e. The van der Waals surface area contributed by atoms with Crippen molar-refractivity contribution < 1.29 is 13.2 Å². The van der Waals surface area contributed by atoms with E-state index < -0.39 is 10.2 Å². The molecule has 7 heteroatoms. The van der Waals surface area contributed by atoms with Crippen molar-refractivity contribution >= 4 is 10.2 Å². The Balaban J connectivity index is 3.72. The minimum atomic E-state index is -3.33. The predicted octanol–water partition coefficient (Wildman–Crippen LogP) is 0.569. The lowest BCUT2D eigenvalue weighted by molar-refractivity contribution is 0.193. The zero-order valence-electron chi connectivity index (χ0n) is 12.4. The van der Waals surface area contributed by atoms with Gasteiger partial charge in [-0.1, -0.05) is 6.92 Å². The molecule has 0 heterocycles. The molecule has 0 fully saturated rings. The van der Waals surface area contributed by atoms with Crippen LogP contribution in [0.15, 0.2) is 0 Å². The molecular weight excluding hydrogens is 266 g/mol. The second-order valence-electron chi connectivity index (χ2n) is 4.52. The third kappa shape index (κ3) is 10.3. The van der Waals surface area contributed by atoms with E-state index in [1.807, 2.05) is 0 Å². The Morgan fingerprint density at radius 1 is 1.11 bits per heavy atom. The number of methoxy groups -OCH3 is 1. The fraction of sp³-hybridized carbons (Fsp3) is 1.00. The fourth-order valence-electron chi connectivity index (χ4n) is 1.53. The van der Waals surface area contributed by atoms with Crippen molar-refractivity contribution in [2.75, 3.05) is 46.9 Å². The van der Waals surface area contributed by atoms with Gasteiger partial charge in [0.25, 0.3) is 10.2 Å². The van der Waals surface area contributed by atoms with Crippen molar-refractivity contribution in [1.29, 1.82) is 0 Å². The highest BCUT2D eigenvalue weighted by molar-refractivity contribution is 7.87. The van der Waals surface area contributed by atoms with E-state index in [0.29, 0.717) is 19.7 Å². The van der Waals surface area contributed by atoms with Crippen LogP contribution in [-0.2, 0) is 14.9 Å². The molecule has 116 valence electrons. The molecule has 0 atom stereocenters. The molecule has 0 spiro atoms. The van der Waals surface area contributed by atoms with E-state index in [1.165, 1.54) is 4.31 Å². The van der Waals surface area contributed by atoms with Gasteiger partial charge in [0.15, 0.2) is 0 Å². The summed E-state index contributed by atoms with van der Waals surface area (Å²) >= 11 is 0. The van der Waals surface area contributed by atoms with Crippen molar-refractivity contribution in [2.24, 2.45) is 0 Å². The lowest BCUT2D eigenvalue weighted by atomic mass is 10.3. The summed E-state index contributed by atoms with van der Waals surface area (Å²) in [6.07, 6.45) is 3.57. The standard InChI is InChI=1S/C12H29N3O3S/c1-4-8-13-9-7-11-15(2)19(16,17)14-10-5-6-12-18-3/h13-14H,4-12H2,1-3H3. The maximum absolute atomic E-state index is 11.8. The van der Waals surface area contributed by atoms with Gasteiger partial charge in [-0.2, -0.15) is 12.7 Å². The van der Waals surface area contributed by atoms with Gasteiger partial charge >= 0.3 is 0 Å². The third-order valence-corrected chi connectivity index (χ3v) is 4.30. The van der Waals surface area contributed by atoms with E-state index in [-0.39, 0.29) is 0 Å². The van der Waals surface area contributed by atoms with Crippen LogP contribution in [0.3, 0.4) is 0 Å².